The minimum Gasteiger partial charge on any atom is -0.497 e. The fraction of sp³-hybridized carbons (Fsp3) is 0.308. The molecule has 2 aromatic rings. The van der Waals surface area contributed by atoms with E-state index in [1.165, 1.54) is 6.07 Å². The first-order valence-corrected chi connectivity index (χ1v) is 6.36. The number of imidazole rings is 1. The third-order valence-corrected chi connectivity index (χ3v) is 2.90. The van der Waals surface area contributed by atoms with Gasteiger partial charge in [0.1, 0.15) is 0 Å². The Hall–Kier alpha value is -1.92. The van der Waals surface area contributed by atoms with Crippen LogP contribution in [0.4, 0.5) is 12.9 Å². The molecule has 0 spiro atoms. The molecule has 1 heterocycles. The van der Waals surface area contributed by atoms with Crippen LogP contribution in [0.15, 0.2) is 36.9 Å². The van der Waals surface area contributed by atoms with Crippen molar-refractivity contribution in [3.05, 3.63) is 42.5 Å². The van der Waals surface area contributed by atoms with Gasteiger partial charge in [0.15, 0.2) is 0 Å². The molecule has 2 rings (SSSR count). The topological polar surface area (TPSA) is 27.1 Å². The molecule has 0 unspecified atom stereocenters. The fourth-order valence-electron chi connectivity index (χ4n) is 1.90. The summed E-state index contributed by atoms with van der Waals surface area (Å²) in [7, 11) is 0. The molecule has 0 atom stereocenters. The number of halogens is 3. The van der Waals surface area contributed by atoms with E-state index < -0.39 is 12.4 Å². The van der Waals surface area contributed by atoms with Crippen LogP contribution in [0, 0.1) is 6.92 Å². The molecule has 0 saturated heterocycles. The van der Waals surface area contributed by atoms with Gasteiger partial charge in [0, 0.05) is 18.9 Å². The Kier molecular flexibility index (Phi) is 4.37. The second-order valence-electron chi connectivity index (χ2n) is 4.62. The molecular formula is C13H15BF3N2O-. The molecule has 1 aromatic heterocycles. The molecular weight excluding hydrogens is 268 g/mol. The van der Waals surface area contributed by atoms with Gasteiger partial charge in [-0.1, -0.05) is 23.2 Å². The van der Waals surface area contributed by atoms with Crippen LogP contribution < -0.4 is 10.2 Å². The third kappa shape index (κ3) is 3.79. The van der Waals surface area contributed by atoms with E-state index in [1.807, 2.05) is 4.57 Å². The van der Waals surface area contributed by atoms with Gasteiger partial charge in [0.05, 0.1) is 18.7 Å². The lowest BCUT2D eigenvalue weighted by Gasteiger charge is -2.20. The molecule has 0 radical (unpaired) electrons. The number of hydrogen-bond acceptors (Lipinski definition) is 2. The summed E-state index contributed by atoms with van der Waals surface area (Å²) in [4.78, 5) is 3.89. The van der Waals surface area contributed by atoms with Gasteiger partial charge in [-0.2, -0.15) is 0 Å². The SMILES string of the molecule is Cc1ccc(OCCCn2ccnc2)c([B-](F)(F)F)c1. The summed E-state index contributed by atoms with van der Waals surface area (Å²) in [6.45, 7) is -2.52. The first-order chi connectivity index (χ1) is 9.47. The summed E-state index contributed by atoms with van der Waals surface area (Å²) in [5, 5.41) is 0. The first kappa shape index (κ1) is 14.5. The molecule has 0 aliphatic rings. The molecule has 0 aliphatic heterocycles. The number of ether oxygens (including phenoxy) is 1. The van der Waals surface area contributed by atoms with Crippen molar-refractivity contribution in [3.63, 3.8) is 0 Å². The quantitative estimate of drug-likeness (QED) is 0.602. The molecule has 0 N–H and O–H groups in total. The van der Waals surface area contributed by atoms with Crippen LogP contribution in [0.3, 0.4) is 0 Å². The smallest absolute Gasteiger partial charge is 0.497 e. The zero-order chi connectivity index (χ0) is 14.6. The molecule has 1 aromatic carbocycles. The van der Waals surface area contributed by atoms with E-state index >= 15 is 0 Å². The third-order valence-electron chi connectivity index (χ3n) is 2.90. The van der Waals surface area contributed by atoms with Crippen molar-refractivity contribution in [1.82, 2.24) is 9.55 Å². The van der Waals surface area contributed by atoms with Crippen LogP contribution >= 0.6 is 0 Å². The Morgan fingerprint density at radius 1 is 1.30 bits per heavy atom. The Morgan fingerprint density at radius 2 is 2.10 bits per heavy atom. The van der Waals surface area contributed by atoms with Gasteiger partial charge in [-0.3, -0.25) is 0 Å². The summed E-state index contributed by atoms with van der Waals surface area (Å²) in [6.07, 6.45) is 5.74. The molecule has 0 fully saturated rings. The number of hydrogen-bond donors (Lipinski definition) is 0. The summed E-state index contributed by atoms with van der Waals surface area (Å²) in [5.41, 5.74) is -0.0856. The molecule has 20 heavy (non-hydrogen) atoms. The standard InChI is InChI=1S/C13H15BF3N2O/c1-11-3-4-13(12(9-11)14(15,16)17)20-8-2-6-19-7-5-18-10-19/h3-5,7,9-10H,2,6,8H2,1H3/q-1. The maximum Gasteiger partial charge on any atom is 0.513 e. The monoisotopic (exact) mass is 283 g/mol. The van der Waals surface area contributed by atoms with Gasteiger partial charge in [0.25, 0.3) is 0 Å². The van der Waals surface area contributed by atoms with Crippen LogP contribution in [-0.4, -0.2) is 23.1 Å². The van der Waals surface area contributed by atoms with Gasteiger partial charge in [0.2, 0.25) is 0 Å². The van der Waals surface area contributed by atoms with Crippen molar-refractivity contribution in [2.75, 3.05) is 6.61 Å². The van der Waals surface area contributed by atoms with E-state index in [4.69, 9.17) is 4.74 Å². The highest BCUT2D eigenvalue weighted by molar-refractivity contribution is 6.74. The van der Waals surface area contributed by atoms with Gasteiger partial charge in [-0.15, -0.1) is 0 Å². The summed E-state index contributed by atoms with van der Waals surface area (Å²) >= 11 is 0. The average Bonchev–Trinajstić information content (AvgIpc) is 2.88. The highest BCUT2D eigenvalue weighted by Crippen LogP contribution is 2.19. The Morgan fingerprint density at radius 3 is 2.75 bits per heavy atom. The molecule has 0 bridgehead atoms. The lowest BCUT2D eigenvalue weighted by atomic mass is 9.78. The first-order valence-electron chi connectivity index (χ1n) is 6.36. The Balaban J connectivity index is 1.95. The van der Waals surface area contributed by atoms with Gasteiger partial charge in [-0.05, 0) is 19.4 Å². The van der Waals surface area contributed by atoms with E-state index in [0.29, 0.717) is 18.5 Å². The van der Waals surface area contributed by atoms with Crippen molar-refractivity contribution in [2.45, 2.75) is 19.9 Å². The van der Waals surface area contributed by atoms with E-state index in [9.17, 15) is 12.9 Å². The fourth-order valence-corrected chi connectivity index (χ4v) is 1.90. The highest BCUT2D eigenvalue weighted by atomic mass is 19.4. The summed E-state index contributed by atoms with van der Waals surface area (Å²) in [5.74, 6) is -0.0891. The summed E-state index contributed by atoms with van der Waals surface area (Å²) < 4.78 is 45.9. The minimum absolute atomic E-state index is 0.0891. The maximum atomic E-state index is 12.9. The minimum atomic E-state index is -5.06. The number of rotatable bonds is 6. The second kappa shape index (κ2) is 6.03. The summed E-state index contributed by atoms with van der Waals surface area (Å²) in [6, 6.07) is 4.14. The van der Waals surface area contributed by atoms with Crippen molar-refractivity contribution in [2.24, 2.45) is 0 Å². The molecule has 7 heteroatoms. The molecule has 0 saturated carbocycles. The van der Waals surface area contributed by atoms with Crippen LogP contribution in [0.25, 0.3) is 0 Å². The molecule has 3 nitrogen and oxygen atoms in total. The van der Waals surface area contributed by atoms with Crippen LogP contribution in [0.2, 0.25) is 0 Å². The van der Waals surface area contributed by atoms with E-state index in [1.54, 1.807) is 31.7 Å². The van der Waals surface area contributed by atoms with Gasteiger partial charge < -0.3 is 22.3 Å². The van der Waals surface area contributed by atoms with Crippen molar-refractivity contribution >= 4 is 12.4 Å². The highest BCUT2D eigenvalue weighted by Gasteiger charge is 2.29. The molecule has 0 amide bonds. The predicted octanol–water partition coefficient (Wildman–Crippen LogP) is 2.72. The van der Waals surface area contributed by atoms with Gasteiger partial charge >= 0.3 is 6.98 Å². The predicted molar refractivity (Wildman–Crippen MR) is 72.2 cm³/mol. The lowest BCUT2D eigenvalue weighted by molar-refractivity contribution is 0.302. The van der Waals surface area contributed by atoms with E-state index in [-0.39, 0.29) is 12.4 Å². The number of nitrogens with zero attached hydrogens (tertiary/aromatic N) is 2. The Labute approximate surface area is 115 Å². The number of aromatic nitrogens is 2. The normalized spacial score (nSPS) is 11.6. The Bertz CT molecular complexity index is 555. The maximum absolute atomic E-state index is 12.9. The molecule has 0 aliphatic carbocycles. The van der Waals surface area contributed by atoms with Crippen LogP contribution in [0.1, 0.15) is 12.0 Å². The average molecular weight is 283 g/mol. The van der Waals surface area contributed by atoms with Crippen molar-refractivity contribution in [3.8, 4) is 5.75 Å². The van der Waals surface area contributed by atoms with Crippen LogP contribution in [-0.2, 0) is 6.54 Å². The molecule has 108 valence electrons. The zero-order valence-corrected chi connectivity index (χ0v) is 11.1. The largest absolute Gasteiger partial charge is 0.513 e. The zero-order valence-electron chi connectivity index (χ0n) is 11.1. The van der Waals surface area contributed by atoms with Crippen molar-refractivity contribution < 1.29 is 17.7 Å². The number of aryl methyl sites for hydroxylation is 2. The van der Waals surface area contributed by atoms with Crippen molar-refractivity contribution in [1.29, 1.82) is 0 Å². The second-order valence-corrected chi connectivity index (χ2v) is 4.62. The van der Waals surface area contributed by atoms with E-state index in [2.05, 4.69) is 4.98 Å². The van der Waals surface area contributed by atoms with E-state index in [0.717, 1.165) is 6.07 Å². The lowest BCUT2D eigenvalue weighted by Crippen LogP contribution is -2.35. The van der Waals surface area contributed by atoms with Gasteiger partial charge in [-0.25, -0.2) is 4.98 Å². The van der Waals surface area contributed by atoms with Crippen LogP contribution in [0.5, 0.6) is 5.75 Å². The number of benzene rings is 1.